The highest BCUT2D eigenvalue weighted by Crippen LogP contribution is 2.27. The van der Waals surface area contributed by atoms with Crippen LogP contribution in [0.3, 0.4) is 0 Å². The lowest BCUT2D eigenvalue weighted by molar-refractivity contribution is -0.123. The zero-order valence-electron chi connectivity index (χ0n) is 12.2. The smallest absolute Gasteiger partial charge is 0.237 e. The van der Waals surface area contributed by atoms with E-state index in [0.717, 1.165) is 11.7 Å². The first kappa shape index (κ1) is 15.8. The first-order valence-electron chi connectivity index (χ1n) is 7.16. The normalized spacial score (nSPS) is 27.6. The standard InChI is InChI=1S/C14H28N2OS/c1-5-10(2)15-14(17)11(3)16-12-7-6-8-13(9-12)18-4/h10-13,16H,5-9H2,1-4H3,(H,15,17). The third-order valence-electron chi connectivity index (χ3n) is 3.84. The number of thioether (sulfide) groups is 1. The topological polar surface area (TPSA) is 41.1 Å². The van der Waals surface area contributed by atoms with Crippen LogP contribution < -0.4 is 10.6 Å². The molecule has 0 bridgehead atoms. The largest absolute Gasteiger partial charge is 0.352 e. The molecular formula is C14H28N2OS. The number of amides is 1. The van der Waals surface area contributed by atoms with Gasteiger partial charge in [0.2, 0.25) is 5.91 Å². The van der Waals surface area contributed by atoms with Crippen LogP contribution in [-0.2, 0) is 4.79 Å². The van der Waals surface area contributed by atoms with Crippen LogP contribution in [0.15, 0.2) is 0 Å². The molecule has 0 spiro atoms. The van der Waals surface area contributed by atoms with Gasteiger partial charge in [0, 0.05) is 17.3 Å². The Morgan fingerprint density at radius 1 is 1.39 bits per heavy atom. The van der Waals surface area contributed by atoms with E-state index in [-0.39, 0.29) is 18.0 Å². The molecule has 1 saturated carbocycles. The van der Waals surface area contributed by atoms with E-state index < -0.39 is 0 Å². The van der Waals surface area contributed by atoms with Gasteiger partial charge in [-0.1, -0.05) is 13.3 Å². The first-order chi connectivity index (χ1) is 8.56. The van der Waals surface area contributed by atoms with Crippen LogP contribution in [0, 0.1) is 0 Å². The summed E-state index contributed by atoms with van der Waals surface area (Å²) in [5.74, 6) is 0.135. The average molecular weight is 272 g/mol. The van der Waals surface area contributed by atoms with Crippen molar-refractivity contribution in [1.82, 2.24) is 10.6 Å². The van der Waals surface area contributed by atoms with Crippen LogP contribution in [0.1, 0.15) is 52.9 Å². The summed E-state index contributed by atoms with van der Waals surface area (Å²) in [7, 11) is 0. The third kappa shape index (κ3) is 5.19. The van der Waals surface area contributed by atoms with Gasteiger partial charge >= 0.3 is 0 Å². The van der Waals surface area contributed by atoms with Gasteiger partial charge in [0.05, 0.1) is 6.04 Å². The minimum atomic E-state index is -0.0791. The predicted molar refractivity (Wildman–Crippen MR) is 80.1 cm³/mol. The molecule has 0 aromatic heterocycles. The number of hydrogen-bond acceptors (Lipinski definition) is 3. The van der Waals surface area contributed by atoms with E-state index in [2.05, 4.69) is 30.7 Å². The van der Waals surface area contributed by atoms with E-state index in [9.17, 15) is 4.79 Å². The highest BCUT2D eigenvalue weighted by molar-refractivity contribution is 7.99. The Hall–Kier alpha value is -0.220. The van der Waals surface area contributed by atoms with E-state index in [1.165, 1.54) is 25.7 Å². The molecule has 1 aliphatic carbocycles. The second kappa shape index (κ2) is 8.05. The van der Waals surface area contributed by atoms with Crippen molar-refractivity contribution in [3.05, 3.63) is 0 Å². The number of nitrogens with one attached hydrogen (secondary N) is 2. The summed E-state index contributed by atoms with van der Waals surface area (Å²) < 4.78 is 0. The Balaban J connectivity index is 2.34. The first-order valence-corrected chi connectivity index (χ1v) is 8.44. The van der Waals surface area contributed by atoms with Gasteiger partial charge in [0.25, 0.3) is 0 Å². The summed E-state index contributed by atoms with van der Waals surface area (Å²) in [6.07, 6.45) is 8.18. The molecule has 1 amide bonds. The average Bonchev–Trinajstić information content (AvgIpc) is 2.38. The zero-order chi connectivity index (χ0) is 13.5. The quantitative estimate of drug-likeness (QED) is 0.781. The van der Waals surface area contributed by atoms with Crippen LogP contribution in [0.4, 0.5) is 0 Å². The molecule has 2 N–H and O–H groups in total. The predicted octanol–water partition coefficient (Wildman–Crippen LogP) is 2.55. The Labute approximate surface area is 116 Å². The Kier molecular flexibility index (Phi) is 7.08. The lowest BCUT2D eigenvalue weighted by Gasteiger charge is -2.31. The minimum absolute atomic E-state index is 0.0791. The Bertz CT molecular complexity index is 260. The van der Waals surface area contributed by atoms with Gasteiger partial charge in [-0.25, -0.2) is 0 Å². The van der Waals surface area contributed by atoms with Crippen molar-refractivity contribution in [3.8, 4) is 0 Å². The molecule has 4 heteroatoms. The molecule has 1 rings (SSSR count). The number of carbonyl (C=O) groups is 1. The molecule has 4 atom stereocenters. The lowest BCUT2D eigenvalue weighted by atomic mass is 9.94. The molecule has 1 fully saturated rings. The summed E-state index contributed by atoms with van der Waals surface area (Å²) >= 11 is 1.96. The number of hydrogen-bond donors (Lipinski definition) is 2. The molecule has 18 heavy (non-hydrogen) atoms. The van der Waals surface area contributed by atoms with E-state index in [1.807, 2.05) is 18.7 Å². The summed E-state index contributed by atoms with van der Waals surface area (Å²) in [5, 5.41) is 7.29. The monoisotopic (exact) mass is 272 g/mol. The molecule has 4 unspecified atom stereocenters. The molecule has 3 nitrogen and oxygen atoms in total. The molecule has 0 heterocycles. The maximum Gasteiger partial charge on any atom is 0.237 e. The van der Waals surface area contributed by atoms with E-state index in [4.69, 9.17) is 0 Å². The second-order valence-electron chi connectivity index (χ2n) is 5.43. The van der Waals surface area contributed by atoms with E-state index in [1.54, 1.807) is 0 Å². The van der Waals surface area contributed by atoms with Gasteiger partial charge in [0.1, 0.15) is 0 Å². The van der Waals surface area contributed by atoms with Crippen LogP contribution in [-0.4, -0.2) is 35.5 Å². The highest BCUT2D eigenvalue weighted by atomic mass is 32.2. The van der Waals surface area contributed by atoms with Gasteiger partial charge in [0.15, 0.2) is 0 Å². The van der Waals surface area contributed by atoms with Crippen molar-refractivity contribution in [1.29, 1.82) is 0 Å². The fourth-order valence-electron chi connectivity index (χ4n) is 2.41. The van der Waals surface area contributed by atoms with Crippen molar-refractivity contribution < 1.29 is 4.79 Å². The summed E-state index contributed by atoms with van der Waals surface area (Å²) in [6.45, 7) is 6.11. The van der Waals surface area contributed by atoms with Crippen molar-refractivity contribution >= 4 is 17.7 Å². The zero-order valence-corrected chi connectivity index (χ0v) is 13.0. The number of carbonyl (C=O) groups excluding carboxylic acids is 1. The van der Waals surface area contributed by atoms with E-state index >= 15 is 0 Å². The minimum Gasteiger partial charge on any atom is -0.352 e. The van der Waals surface area contributed by atoms with Crippen molar-refractivity contribution in [2.45, 2.75) is 76.3 Å². The van der Waals surface area contributed by atoms with Crippen molar-refractivity contribution in [2.75, 3.05) is 6.26 Å². The molecule has 0 aromatic rings. The van der Waals surface area contributed by atoms with Gasteiger partial charge in [-0.3, -0.25) is 4.79 Å². The number of rotatable bonds is 6. The van der Waals surface area contributed by atoms with Crippen LogP contribution in [0.5, 0.6) is 0 Å². The van der Waals surface area contributed by atoms with Gasteiger partial charge in [-0.05, 0) is 45.8 Å². The third-order valence-corrected chi connectivity index (χ3v) is 4.93. The Morgan fingerprint density at radius 2 is 2.11 bits per heavy atom. The highest BCUT2D eigenvalue weighted by Gasteiger charge is 2.24. The summed E-state index contributed by atoms with van der Waals surface area (Å²) in [4.78, 5) is 12.0. The van der Waals surface area contributed by atoms with Crippen LogP contribution in [0.2, 0.25) is 0 Å². The van der Waals surface area contributed by atoms with Crippen molar-refractivity contribution in [3.63, 3.8) is 0 Å². The molecule has 106 valence electrons. The van der Waals surface area contributed by atoms with Gasteiger partial charge in [-0.2, -0.15) is 11.8 Å². The fraction of sp³-hybridized carbons (Fsp3) is 0.929. The summed E-state index contributed by atoms with van der Waals surface area (Å²) in [5.41, 5.74) is 0. The van der Waals surface area contributed by atoms with Crippen LogP contribution in [0.25, 0.3) is 0 Å². The molecule has 0 aromatic carbocycles. The molecule has 1 aliphatic rings. The maximum atomic E-state index is 12.0. The second-order valence-corrected chi connectivity index (χ2v) is 6.57. The van der Waals surface area contributed by atoms with E-state index in [0.29, 0.717) is 6.04 Å². The molecular weight excluding hydrogens is 244 g/mol. The Morgan fingerprint density at radius 3 is 2.72 bits per heavy atom. The lowest BCUT2D eigenvalue weighted by Crippen LogP contribution is -2.49. The van der Waals surface area contributed by atoms with Gasteiger partial charge < -0.3 is 10.6 Å². The molecule has 0 aliphatic heterocycles. The molecule has 0 radical (unpaired) electrons. The summed E-state index contributed by atoms with van der Waals surface area (Å²) in [6, 6.07) is 0.700. The van der Waals surface area contributed by atoms with Gasteiger partial charge in [-0.15, -0.1) is 0 Å². The van der Waals surface area contributed by atoms with Crippen LogP contribution >= 0.6 is 11.8 Å². The molecule has 0 saturated heterocycles. The fourth-order valence-corrected chi connectivity index (χ4v) is 3.24. The maximum absolute atomic E-state index is 12.0. The SMILES string of the molecule is CCC(C)NC(=O)C(C)NC1CCCC(SC)C1. The van der Waals surface area contributed by atoms with Crippen molar-refractivity contribution in [2.24, 2.45) is 0 Å².